The van der Waals surface area contributed by atoms with Crippen LogP contribution in [-0.2, 0) is 15.1 Å². The molecule has 0 saturated carbocycles. The van der Waals surface area contributed by atoms with Gasteiger partial charge in [0.25, 0.3) is 5.91 Å². The number of ether oxygens (including phenoxy) is 2. The van der Waals surface area contributed by atoms with Crippen molar-refractivity contribution in [3.05, 3.63) is 29.8 Å². The molecule has 0 atom stereocenters. The average Bonchev–Trinajstić information content (AvgIpc) is 2.57. The predicted molar refractivity (Wildman–Crippen MR) is 86.6 cm³/mol. The van der Waals surface area contributed by atoms with Crippen molar-refractivity contribution in [2.24, 2.45) is 0 Å². The molecule has 1 aliphatic heterocycles. The molecule has 3 N–H and O–H groups in total. The van der Waals surface area contributed by atoms with Gasteiger partial charge in [-0.1, -0.05) is 18.2 Å². The van der Waals surface area contributed by atoms with Crippen LogP contribution in [0, 0.1) is 0 Å². The topological polar surface area (TPSA) is 72.2 Å². The first kappa shape index (κ1) is 17.7. The fourth-order valence-corrected chi connectivity index (χ4v) is 3.07. The normalized spacial score (nSPS) is 24.2. The Hall–Kier alpha value is -1.63. The molecular formula is C17H27N2O4+. The highest BCUT2D eigenvalue weighted by Crippen LogP contribution is 2.35. The van der Waals surface area contributed by atoms with E-state index in [-0.39, 0.29) is 5.91 Å². The van der Waals surface area contributed by atoms with E-state index < -0.39 is 5.60 Å². The van der Waals surface area contributed by atoms with Crippen molar-refractivity contribution < 1.29 is 24.3 Å². The molecule has 0 bridgehead atoms. The van der Waals surface area contributed by atoms with Gasteiger partial charge in [-0.3, -0.25) is 4.79 Å². The summed E-state index contributed by atoms with van der Waals surface area (Å²) in [6.45, 7) is 3.01. The lowest BCUT2D eigenvalue weighted by atomic mass is 9.84. The van der Waals surface area contributed by atoms with E-state index in [1.54, 1.807) is 14.2 Å². The Morgan fingerprint density at radius 3 is 2.65 bits per heavy atom. The van der Waals surface area contributed by atoms with Crippen molar-refractivity contribution in [2.45, 2.75) is 18.4 Å². The van der Waals surface area contributed by atoms with Gasteiger partial charge in [-0.05, 0) is 6.07 Å². The molecule has 1 aliphatic rings. The Kier molecular flexibility index (Phi) is 6.38. The maximum Gasteiger partial charge on any atom is 0.275 e. The number of methoxy groups -OCH3 is 2. The lowest BCUT2D eigenvalue weighted by molar-refractivity contribution is -0.900. The Balaban J connectivity index is 1.88. The van der Waals surface area contributed by atoms with E-state index in [0.717, 1.165) is 24.4 Å². The number of rotatable bonds is 7. The van der Waals surface area contributed by atoms with E-state index in [1.165, 1.54) is 4.90 Å². The maximum atomic E-state index is 11.8. The standard InChI is InChI=1S/C17H26N2O4/c1-22-12-9-18-16(20)13-19-10-7-17(21,8-11-19)14-5-3-4-6-15(14)23-2/h3-6,21H,7-13H2,1-2H3,(H,18,20)/p+1. The van der Waals surface area contributed by atoms with Gasteiger partial charge in [-0.25, -0.2) is 0 Å². The SMILES string of the molecule is COCCNC(=O)C[NH+]1CCC(O)(c2ccccc2OC)CC1. The number of quaternary nitrogens is 1. The molecule has 1 saturated heterocycles. The first-order chi connectivity index (χ1) is 11.1. The summed E-state index contributed by atoms with van der Waals surface area (Å²) in [6, 6.07) is 7.60. The number of piperidine rings is 1. The van der Waals surface area contributed by atoms with Gasteiger partial charge in [0.1, 0.15) is 11.4 Å². The minimum atomic E-state index is -0.872. The van der Waals surface area contributed by atoms with Crippen molar-refractivity contribution >= 4 is 5.91 Å². The number of carbonyl (C=O) groups is 1. The zero-order valence-corrected chi connectivity index (χ0v) is 13.9. The van der Waals surface area contributed by atoms with Crippen LogP contribution in [0.25, 0.3) is 0 Å². The largest absolute Gasteiger partial charge is 0.496 e. The van der Waals surface area contributed by atoms with Crippen LogP contribution in [0.3, 0.4) is 0 Å². The number of nitrogens with one attached hydrogen (secondary N) is 2. The first-order valence-corrected chi connectivity index (χ1v) is 8.04. The van der Waals surface area contributed by atoms with E-state index in [9.17, 15) is 9.90 Å². The molecule has 2 rings (SSSR count). The van der Waals surface area contributed by atoms with Crippen LogP contribution in [0.2, 0.25) is 0 Å². The molecule has 6 nitrogen and oxygen atoms in total. The van der Waals surface area contributed by atoms with Crippen molar-refractivity contribution in [2.75, 3.05) is 47.0 Å². The van der Waals surface area contributed by atoms with E-state index in [1.807, 2.05) is 24.3 Å². The second-order valence-electron chi connectivity index (χ2n) is 6.00. The number of hydrogen-bond donors (Lipinski definition) is 3. The first-order valence-electron chi connectivity index (χ1n) is 8.04. The number of likely N-dealkylation sites (tertiary alicyclic amines) is 1. The van der Waals surface area contributed by atoms with Gasteiger partial charge < -0.3 is 24.8 Å². The quantitative estimate of drug-likeness (QED) is 0.582. The molecule has 0 aliphatic carbocycles. The molecule has 0 spiro atoms. The lowest BCUT2D eigenvalue weighted by Crippen LogP contribution is -3.14. The number of carbonyl (C=O) groups excluding carboxylic acids is 1. The predicted octanol–water partition coefficient (Wildman–Crippen LogP) is -0.676. The molecule has 1 aromatic rings. The Bertz CT molecular complexity index is 513. The summed E-state index contributed by atoms with van der Waals surface area (Å²) < 4.78 is 10.3. The number of benzene rings is 1. The van der Waals surface area contributed by atoms with Gasteiger partial charge in [0.05, 0.1) is 26.8 Å². The van der Waals surface area contributed by atoms with Gasteiger partial charge in [0.2, 0.25) is 0 Å². The van der Waals surface area contributed by atoms with Crippen molar-refractivity contribution in [3.8, 4) is 5.75 Å². The summed E-state index contributed by atoms with van der Waals surface area (Å²) in [5.41, 5.74) is -0.0334. The number of amides is 1. The highest BCUT2D eigenvalue weighted by molar-refractivity contribution is 5.76. The van der Waals surface area contributed by atoms with Gasteiger partial charge in [-0.2, -0.15) is 0 Å². The summed E-state index contributed by atoms with van der Waals surface area (Å²) in [4.78, 5) is 13.0. The fourth-order valence-electron chi connectivity index (χ4n) is 3.07. The third-order valence-electron chi connectivity index (χ3n) is 4.43. The minimum Gasteiger partial charge on any atom is -0.496 e. The number of hydrogen-bond acceptors (Lipinski definition) is 4. The summed E-state index contributed by atoms with van der Waals surface area (Å²) in [5, 5.41) is 13.8. The molecule has 6 heteroatoms. The fraction of sp³-hybridized carbons (Fsp3) is 0.588. The molecule has 128 valence electrons. The Morgan fingerprint density at radius 2 is 2.00 bits per heavy atom. The van der Waals surface area contributed by atoms with Crippen LogP contribution in [0.5, 0.6) is 5.75 Å². The van der Waals surface area contributed by atoms with Crippen LogP contribution < -0.4 is 15.0 Å². The van der Waals surface area contributed by atoms with Gasteiger partial charge in [0, 0.05) is 32.1 Å². The molecule has 1 amide bonds. The molecular weight excluding hydrogens is 296 g/mol. The highest BCUT2D eigenvalue weighted by Gasteiger charge is 2.38. The third kappa shape index (κ3) is 4.67. The second-order valence-corrected chi connectivity index (χ2v) is 6.00. The van der Waals surface area contributed by atoms with E-state index in [4.69, 9.17) is 9.47 Å². The zero-order valence-electron chi connectivity index (χ0n) is 13.9. The molecule has 0 aromatic heterocycles. The second kappa shape index (κ2) is 8.29. The van der Waals surface area contributed by atoms with Crippen molar-refractivity contribution in [3.63, 3.8) is 0 Å². The van der Waals surface area contributed by atoms with Crippen LogP contribution in [0.1, 0.15) is 18.4 Å². The number of aliphatic hydroxyl groups is 1. The molecule has 1 fully saturated rings. The zero-order chi connectivity index (χ0) is 16.7. The molecule has 1 heterocycles. The van der Waals surface area contributed by atoms with Crippen LogP contribution in [-0.4, -0.2) is 58.0 Å². The third-order valence-corrected chi connectivity index (χ3v) is 4.43. The van der Waals surface area contributed by atoms with Crippen molar-refractivity contribution in [1.29, 1.82) is 0 Å². The molecule has 1 aromatic carbocycles. The van der Waals surface area contributed by atoms with Crippen LogP contribution >= 0.6 is 0 Å². The van der Waals surface area contributed by atoms with Gasteiger partial charge in [-0.15, -0.1) is 0 Å². The highest BCUT2D eigenvalue weighted by atomic mass is 16.5. The molecule has 0 radical (unpaired) electrons. The average molecular weight is 323 g/mol. The van der Waals surface area contributed by atoms with E-state index in [2.05, 4.69) is 5.32 Å². The minimum absolute atomic E-state index is 0.0276. The summed E-state index contributed by atoms with van der Waals surface area (Å²) in [6.07, 6.45) is 1.24. The molecule has 0 unspecified atom stereocenters. The van der Waals surface area contributed by atoms with Crippen molar-refractivity contribution in [1.82, 2.24) is 5.32 Å². The van der Waals surface area contributed by atoms with E-state index in [0.29, 0.717) is 32.5 Å². The lowest BCUT2D eigenvalue weighted by Gasteiger charge is -2.36. The summed E-state index contributed by atoms with van der Waals surface area (Å²) in [5.74, 6) is 0.746. The van der Waals surface area contributed by atoms with Gasteiger partial charge in [0.15, 0.2) is 6.54 Å². The van der Waals surface area contributed by atoms with Crippen LogP contribution in [0.15, 0.2) is 24.3 Å². The summed E-state index contributed by atoms with van der Waals surface area (Å²) >= 11 is 0. The van der Waals surface area contributed by atoms with Gasteiger partial charge >= 0.3 is 0 Å². The molecule has 23 heavy (non-hydrogen) atoms. The smallest absolute Gasteiger partial charge is 0.275 e. The Morgan fingerprint density at radius 1 is 1.30 bits per heavy atom. The van der Waals surface area contributed by atoms with Crippen LogP contribution in [0.4, 0.5) is 0 Å². The van der Waals surface area contributed by atoms with E-state index >= 15 is 0 Å². The maximum absolute atomic E-state index is 11.8. The Labute approximate surface area is 137 Å². The summed E-state index contributed by atoms with van der Waals surface area (Å²) in [7, 11) is 3.23. The number of para-hydroxylation sites is 1. The monoisotopic (exact) mass is 323 g/mol.